The van der Waals surface area contributed by atoms with E-state index in [4.69, 9.17) is 14.5 Å². The van der Waals surface area contributed by atoms with Gasteiger partial charge in [0.1, 0.15) is 0 Å². The molecule has 1 aromatic carbocycles. The molecule has 0 amide bonds. The van der Waals surface area contributed by atoms with Crippen molar-refractivity contribution in [3.63, 3.8) is 0 Å². The van der Waals surface area contributed by atoms with Crippen LogP contribution in [0.5, 0.6) is 11.5 Å². The monoisotopic (exact) mass is 545 g/mol. The van der Waals surface area contributed by atoms with Gasteiger partial charge in [0.05, 0.1) is 14.2 Å². The zero-order valence-corrected chi connectivity index (χ0v) is 22.0. The number of halogens is 1. The van der Waals surface area contributed by atoms with Crippen molar-refractivity contribution in [3.05, 3.63) is 23.3 Å². The van der Waals surface area contributed by atoms with E-state index in [0.29, 0.717) is 0 Å². The summed E-state index contributed by atoms with van der Waals surface area (Å²) < 4.78 is 11.0. The normalized spacial score (nSPS) is 18.1. The van der Waals surface area contributed by atoms with Crippen molar-refractivity contribution in [1.82, 2.24) is 20.0 Å². The Hall–Kier alpha value is -1.26. The molecule has 31 heavy (non-hydrogen) atoms. The van der Waals surface area contributed by atoms with Crippen LogP contribution in [0, 0.1) is 0 Å². The number of nitrogens with zero attached hydrogens (tertiary/aromatic N) is 4. The summed E-state index contributed by atoms with van der Waals surface area (Å²) in [5.74, 6) is 2.63. The second-order valence-electron chi connectivity index (χ2n) is 8.24. The number of methoxy groups -OCH3 is 2. The summed E-state index contributed by atoms with van der Waals surface area (Å²) in [6.45, 7) is 11.6. The largest absolute Gasteiger partial charge is 0.493 e. The summed E-state index contributed by atoms with van der Waals surface area (Å²) in [7, 11) is 5.61. The van der Waals surface area contributed by atoms with Crippen molar-refractivity contribution in [2.45, 2.75) is 32.7 Å². The van der Waals surface area contributed by atoms with Crippen LogP contribution in [-0.4, -0.2) is 94.3 Å². The molecular formula is C23H40IN5O2. The highest BCUT2D eigenvalue weighted by Gasteiger charge is 2.21. The van der Waals surface area contributed by atoms with Crippen LogP contribution < -0.4 is 14.8 Å². The van der Waals surface area contributed by atoms with Gasteiger partial charge in [-0.2, -0.15) is 0 Å². The number of ether oxygens (including phenoxy) is 2. The molecule has 0 aliphatic carbocycles. The molecule has 0 atom stereocenters. The molecule has 1 aromatic rings. The predicted octanol–water partition coefficient (Wildman–Crippen LogP) is 2.67. The molecular weight excluding hydrogens is 505 g/mol. The smallest absolute Gasteiger partial charge is 0.194 e. The molecule has 1 saturated heterocycles. The molecule has 176 valence electrons. The van der Waals surface area contributed by atoms with Crippen LogP contribution in [-0.2, 0) is 13.0 Å². The van der Waals surface area contributed by atoms with Crippen molar-refractivity contribution in [1.29, 1.82) is 0 Å². The summed E-state index contributed by atoms with van der Waals surface area (Å²) >= 11 is 0. The molecule has 0 spiro atoms. The summed E-state index contributed by atoms with van der Waals surface area (Å²) in [6, 6.07) is 4.23. The van der Waals surface area contributed by atoms with Crippen molar-refractivity contribution in [3.8, 4) is 11.5 Å². The van der Waals surface area contributed by atoms with Gasteiger partial charge in [-0.3, -0.25) is 4.99 Å². The van der Waals surface area contributed by atoms with Gasteiger partial charge in [-0.05, 0) is 76.1 Å². The SMILES string of the molecule is CCNC(=NCCCN1CCCN(C)CC1)N1CCc2cc(OC)c(OC)cc2C1.I. The van der Waals surface area contributed by atoms with E-state index in [9.17, 15) is 0 Å². The minimum atomic E-state index is 0. The number of likely N-dealkylation sites (N-methyl/N-ethyl adjacent to an activating group) is 1. The van der Waals surface area contributed by atoms with E-state index in [2.05, 4.69) is 46.1 Å². The highest BCUT2D eigenvalue weighted by Crippen LogP contribution is 2.33. The number of hydrogen-bond acceptors (Lipinski definition) is 5. The standard InChI is InChI=1S/C23H39N5O2.HI/c1-5-24-23(25-9-6-11-27-12-7-10-26(2)14-15-27)28-13-8-19-16-21(29-3)22(30-4)17-20(19)18-28;/h16-17H,5-15,18H2,1-4H3,(H,24,25);1H. The fraction of sp³-hybridized carbons (Fsp3) is 0.696. The third kappa shape index (κ3) is 7.39. The van der Waals surface area contributed by atoms with Gasteiger partial charge in [0.25, 0.3) is 0 Å². The van der Waals surface area contributed by atoms with E-state index in [-0.39, 0.29) is 24.0 Å². The lowest BCUT2D eigenvalue weighted by atomic mass is 9.99. The van der Waals surface area contributed by atoms with Crippen LogP contribution in [0.4, 0.5) is 0 Å². The van der Waals surface area contributed by atoms with Crippen molar-refractivity contribution >= 4 is 29.9 Å². The van der Waals surface area contributed by atoms with Gasteiger partial charge < -0.3 is 29.5 Å². The first kappa shape index (κ1) is 26.0. The summed E-state index contributed by atoms with van der Waals surface area (Å²) in [6.07, 6.45) is 3.36. The van der Waals surface area contributed by atoms with E-state index in [1.165, 1.54) is 43.7 Å². The highest BCUT2D eigenvalue weighted by molar-refractivity contribution is 14.0. The van der Waals surface area contributed by atoms with E-state index >= 15 is 0 Å². The lowest BCUT2D eigenvalue weighted by Gasteiger charge is -2.32. The number of rotatable bonds is 7. The topological polar surface area (TPSA) is 52.6 Å². The molecule has 2 heterocycles. The van der Waals surface area contributed by atoms with Crippen LogP contribution in [0.1, 0.15) is 30.9 Å². The molecule has 3 rings (SSSR count). The first-order valence-electron chi connectivity index (χ1n) is 11.3. The number of guanidine groups is 1. The van der Waals surface area contributed by atoms with E-state index < -0.39 is 0 Å². The Bertz CT molecular complexity index is 715. The Morgan fingerprint density at radius 3 is 2.48 bits per heavy atom. The van der Waals surface area contributed by atoms with E-state index in [1.807, 2.05) is 0 Å². The number of aliphatic imine (C=N–C) groups is 1. The van der Waals surface area contributed by atoms with Gasteiger partial charge in [0.15, 0.2) is 17.5 Å². The first-order valence-corrected chi connectivity index (χ1v) is 11.3. The quantitative estimate of drug-likeness (QED) is 0.246. The summed E-state index contributed by atoms with van der Waals surface area (Å²) in [5.41, 5.74) is 2.63. The Labute approximate surface area is 205 Å². The lowest BCUT2D eigenvalue weighted by Crippen LogP contribution is -2.44. The van der Waals surface area contributed by atoms with Crippen molar-refractivity contribution < 1.29 is 9.47 Å². The summed E-state index contributed by atoms with van der Waals surface area (Å²) in [5, 5.41) is 3.49. The molecule has 8 heteroatoms. The molecule has 0 radical (unpaired) electrons. The zero-order chi connectivity index (χ0) is 21.3. The molecule has 0 saturated carbocycles. The summed E-state index contributed by atoms with van der Waals surface area (Å²) in [4.78, 5) is 12.3. The Morgan fingerprint density at radius 1 is 1.03 bits per heavy atom. The van der Waals surface area contributed by atoms with Crippen LogP contribution >= 0.6 is 24.0 Å². The number of benzene rings is 1. The third-order valence-corrected chi connectivity index (χ3v) is 6.06. The second kappa shape index (κ2) is 13.3. The maximum Gasteiger partial charge on any atom is 0.194 e. The minimum Gasteiger partial charge on any atom is -0.493 e. The fourth-order valence-electron chi connectivity index (χ4n) is 4.29. The number of hydrogen-bond donors (Lipinski definition) is 1. The number of nitrogens with one attached hydrogen (secondary N) is 1. The molecule has 2 aliphatic rings. The molecule has 0 unspecified atom stereocenters. The fourth-order valence-corrected chi connectivity index (χ4v) is 4.29. The average Bonchev–Trinajstić information content (AvgIpc) is 2.98. The number of fused-ring (bicyclic) bond motifs is 1. The molecule has 1 N–H and O–H groups in total. The molecule has 1 fully saturated rings. The van der Waals surface area contributed by atoms with Gasteiger partial charge >= 0.3 is 0 Å². The van der Waals surface area contributed by atoms with Crippen LogP contribution in [0.15, 0.2) is 17.1 Å². The average molecular weight is 546 g/mol. The predicted molar refractivity (Wildman–Crippen MR) is 138 cm³/mol. The van der Waals surface area contributed by atoms with E-state index in [1.54, 1.807) is 14.2 Å². The van der Waals surface area contributed by atoms with E-state index in [0.717, 1.165) is 63.0 Å². The van der Waals surface area contributed by atoms with Crippen molar-refractivity contribution in [2.75, 3.05) is 73.6 Å². The Kier molecular flexibility index (Phi) is 11.2. The molecule has 0 aromatic heterocycles. The van der Waals surface area contributed by atoms with Gasteiger partial charge in [0, 0.05) is 39.3 Å². The van der Waals surface area contributed by atoms with Gasteiger partial charge in [-0.15, -0.1) is 24.0 Å². The van der Waals surface area contributed by atoms with Gasteiger partial charge in [-0.1, -0.05) is 0 Å². The van der Waals surface area contributed by atoms with Crippen LogP contribution in [0.2, 0.25) is 0 Å². The molecule has 2 aliphatic heterocycles. The Morgan fingerprint density at radius 2 is 1.77 bits per heavy atom. The molecule has 0 bridgehead atoms. The molecule has 7 nitrogen and oxygen atoms in total. The maximum atomic E-state index is 5.50. The second-order valence-corrected chi connectivity index (χ2v) is 8.24. The van der Waals surface area contributed by atoms with Crippen molar-refractivity contribution in [2.24, 2.45) is 4.99 Å². The van der Waals surface area contributed by atoms with Gasteiger partial charge in [-0.25, -0.2) is 0 Å². The third-order valence-electron chi connectivity index (χ3n) is 6.06. The maximum absolute atomic E-state index is 5.50. The first-order chi connectivity index (χ1) is 14.6. The lowest BCUT2D eigenvalue weighted by molar-refractivity contribution is 0.274. The van der Waals surface area contributed by atoms with Gasteiger partial charge in [0.2, 0.25) is 0 Å². The highest BCUT2D eigenvalue weighted by atomic mass is 127. The van der Waals surface area contributed by atoms with Crippen LogP contribution in [0.3, 0.4) is 0 Å². The van der Waals surface area contributed by atoms with Crippen LogP contribution in [0.25, 0.3) is 0 Å². The Balaban J connectivity index is 0.00000341. The zero-order valence-electron chi connectivity index (χ0n) is 19.7. The minimum absolute atomic E-state index is 0.